The van der Waals surface area contributed by atoms with E-state index < -0.39 is 8.07 Å². The van der Waals surface area contributed by atoms with E-state index in [0.29, 0.717) is 0 Å². The zero-order chi connectivity index (χ0) is 46.9. The summed E-state index contributed by atoms with van der Waals surface area (Å²) in [5.74, 6) is 0. The van der Waals surface area contributed by atoms with Gasteiger partial charge in [-0.05, 0) is 99.2 Å². The molecular formula is C64H58BNSSi. The van der Waals surface area contributed by atoms with Crippen molar-refractivity contribution in [1.82, 2.24) is 0 Å². The van der Waals surface area contributed by atoms with Crippen LogP contribution < -0.4 is 41.3 Å². The van der Waals surface area contributed by atoms with E-state index in [1.165, 1.54) is 113 Å². The van der Waals surface area contributed by atoms with Gasteiger partial charge in [0.05, 0.1) is 11.4 Å². The Morgan fingerprint density at radius 3 is 1.47 bits per heavy atom. The summed E-state index contributed by atoms with van der Waals surface area (Å²) in [6.45, 7) is 21.5. The monoisotopic (exact) mass is 911 g/mol. The number of nitrogens with zero attached hydrogens (tertiary/aromatic N) is 1. The Kier molecular flexibility index (Phi) is 9.63. The Morgan fingerprint density at radius 1 is 0.426 bits per heavy atom. The maximum absolute atomic E-state index is 3.06. The minimum Gasteiger partial charge on any atom is -0.309 e. The second-order valence-electron chi connectivity index (χ2n) is 22.5. The Bertz CT molecular complexity index is 3530. The van der Waals surface area contributed by atoms with Crippen LogP contribution in [0.2, 0.25) is 0 Å². The Balaban J connectivity index is 1.33. The first-order valence-corrected chi connectivity index (χ1v) is 27.3. The quantitative estimate of drug-likeness (QED) is 0.126. The van der Waals surface area contributed by atoms with Crippen molar-refractivity contribution in [1.29, 1.82) is 0 Å². The summed E-state index contributed by atoms with van der Waals surface area (Å²) in [5, 5.41) is 12.3. The van der Waals surface area contributed by atoms with Crippen LogP contribution in [0.15, 0.2) is 188 Å². The van der Waals surface area contributed by atoms with Gasteiger partial charge in [-0.15, -0.1) is 11.3 Å². The lowest BCUT2D eigenvalue weighted by atomic mass is 9.37. The first-order valence-electron chi connectivity index (χ1n) is 24.5. The van der Waals surface area contributed by atoms with Crippen molar-refractivity contribution in [2.75, 3.05) is 4.90 Å². The number of anilines is 3. The molecule has 0 fully saturated rings. The van der Waals surface area contributed by atoms with Crippen LogP contribution in [0.4, 0.5) is 17.1 Å². The fraction of sp³-hybridized carbons (Fsp3) is 0.188. The van der Waals surface area contributed by atoms with Gasteiger partial charge in [0.2, 0.25) is 0 Å². The molecule has 1 aromatic heterocycles. The molecule has 0 N–H and O–H groups in total. The molecule has 0 saturated heterocycles. The van der Waals surface area contributed by atoms with Crippen LogP contribution in [0.25, 0.3) is 42.8 Å². The van der Waals surface area contributed by atoms with Gasteiger partial charge in [-0.25, -0.2) is 0 Å². The van der Waals surface area contributed by atoms with Crippen LogP contribution in [0.1, 0.15) is 79.0 Å². The van der Waals surface area contributed by atoms with Crippen molar-refractivity contribution in [2.24, 2.45) is 0 Å². The van der Waals surface area contributed by atoms with E-state index >= 15 is 0 Å². The number of thiophene rings is 1. The summed E-state index contributed by atoms with van der Waals surface area (Å²) >= 11 is 2.02. The van der Waals surface area contributed by atoms with E-state index in [1.807, 2.05) is 11.3 Å². The molecule has 0 amide bonds. The molecule has 10 aromatic rings. The van der Waals surface area contributed by atoms with E-state index in [2.05, 4.69) is 255 Å². The van der Waals surface area contributed by atoms with E-state index in [9.17, 15) is 0 Å². The summed E-state index contributed by atoms with van der Waals surface area (Å²) in [6.07, 6.45) is 0. The lowest BCUT2D eigenvalue weighted by Crippen LogP contribution is -2.87. The lowest BCUT2D eigenvalue weighted by molar-refractivity contribution is 0.590. The minimum absolute atomic E-state index is 0.0267. The molecule has 2 aliphatic rings. The SMILES string of the molecule is CC(C)(C)c1ccc2c(c1)[Si](c1ccccc1)(c1ccccc1)c1cc(C(C)(C)C)cc3c1B2c1sc2ccc(C(C)(C)C)cc2c1N3c1c2ccccc2c(-c2ccccc2)c2ccccc12. The van der Waals surface area contributed by atoms with Crippen molar-refractivity contribution in [3.05, 3.63) is 205 Å². The average Bonchev–Trinajstić information content (AvgIpc) is 3.72. The predicted octanol–water partition coefficient (Wildman–Crippen LogP) is 12.8. The average molecular weight is 912 g/mol. The highest BCUT2D eigenvalue weighted by molar-refractivity contribution is 7.36. The zero-order valence-corrected chi connectivity index (χ0v) is 42.6. The number of hydrogen-bond acceptors (Lipinski definition) is 2. The molecule has 0 radical (unpaired) electrons. The van der Waals surface area contributed by atoms with Crippen molar-refractivity contribution in [3.63, 3.8) is 0 Å². The summed E-state index contributed by atoms with van der Waals surface area (Å²) in [7, 11) is -3.06. The lowest BCUT2D eigenvalue weighted by Gasteiger charge is -2.48. The second kappa shape index (κ2) is 15.3. The molecule has 9 aromatic carbocycles. The van der Waals surface area contributed by atoms with Gasteiger partial charge in [0, 0.05) is 31.3 Å². The largest absolute Gasteiger partial charge is 0.309 e. The topological polar surface area (TPSA) is 3.24 Å². The number of rotatable bonds is 4. The van der Waals surface area contributed by atoms with Gasteiger partial charge in [0.1, 0.15) is 0 Å². The van der Waals surface area contributed by atoms with Crippen molar-refractivity contribution >= 4 is 111 Å². The summed E-state index contributed by atoms with van der Waals surface area (Å²) < 4.78 is 2.76. The molecule has 4 heteroatoms. The molecule has 332 valence electrons. The number of hydrogen-bond donors (Lipinski definition) is 0. The summed E-state index contributed by atoms with van der Waals surface area (Å²) in [5.41, 5.74) is 13.2. The van der Waals surface area contributed by atoms with Gasteiger partial charge in [-0.1, -0.05) is 238 Å². The maximum atomic E-state index is 2.79. The van der Waals surface area contributed by atoms with Crippen molar-refractivity contribution < 1.29 is 0 Å². The standard InChI is InChI=1S/C64H58BNSSi/c1-62(2,3)42-34-36-54-51(37-42)60-61(67-54)65-52-35-33-43(63(4,5)6)39-55(52)68(45-25-15-11-16-26-45,46-27-17-12-18-28-46)56-40-44(64(7,8)9)38-53(58(56)65)66(60)59-49-31-21-19-29-47(49)57(41-23-13-10-14-24-41)48-30-20-22-32-50(48)59/h10-40H,1-9H3. The Labute approximate surface area is 408 Å². The third-order valence-corrected chi connectivity index (χ3v) is 21.3. The Hall–Kier alpha value is -6.46. The van der Waals surface area contributed by atoms with Gasteiger partial charge < -0.3 is 4.90 Å². The van der Waals surface area contributed by atoms with Gasteiger partial charge in [0.25, 0.3) is 6.71 Å². The molecule has 3 heterocycles. The normalized spacial score (nSPS) is 14.3. The second-order valence-corrected chi connectivity index (χ2v) is 27.3. The van der Waals surface area contributed by atoms with Gasteiger partial charge in [-0.3, -0.25) is 0 Å². The number of benzene rings is 9. The third kappa shape index (κ3) is 6.33. The molecule has 0 saturated carbocycles. The van der Waals surface area contributed by atoms with E-state index in [0.717, 1.165) is 0 Å². The third-order valence-electron chi connectivity index (χ3n) is 15.2. The highest BCUT2D eigenvalue weighted by Gasteiger charge is 2.55. The zero-order valence-electron chi connectivity index (χ0n) is 40.8. The predicted molar refractivity (Wildman–Crippen MR) is 301 cm³/mol. The molecule has 0 spiro atoms. The Morgan fingerprint density at radius 2 is 0.912 bits per heavy atom. The fourth-order valence-electron chi connectivity index (χ4n) is 11.8. The smallest absolute Gasteiger partial charge is 0.259 e. The molecule has 0 bridgehead atoms. The molecule has 0 aliphatic carbocycles. The van der Waals surface area contributed by atoms with Crippen LogP contribution in [-0.2, 0) is 16.2 Å². The maximum Gasteiger partial charge on any atom is 0.259 e. The highest BCUT2D eigenvalue weighted by atomic mass is 32.1. The van der Waals surface area contributed by atoms with Crippen LogP contribution in [0.3, 0.4) is 0 Å². The van der Waals surface area contributed by atoms with Crippen LogP contribution in [0, 0.1) is 0 Å². The van der Waals surface area contributed by atoms with Crippen LogP contribution in [-0.4, -0.2) is 14.8 Å². The summed E-state index contributed by atoms with van der Waals surface area (Å²) in [6, 6.07) is 73.1. The molecule has 12 rings (SSSR count). The first kappa shape index (κ1) is 42.9. The van der Waals surface area contributed by atoms with E-state index in [1.54, 1.807) is 0 Å². The molecule has 2 aliphatic heterocycles. The van der Waals surface area contributed by atoms with Gasteiger partial charge >= 0.3 is 0 Å². The van der Waals surface area contributed by atoms with Crippen molar-refractivity contribution in [3.8, 4) is 11.1 Å². The summed E-state index contributed by atoms with van der Waals surface area (Å²) in [4.78, 5) is 2.79. The molecule has 0 atom stereocenters. The van der Waals surface area contributed by atoms with Gasteiger partial charge in [0.15, 0.2) is 8.07 Å². The van der Waals surface area contributed by atoms with E-state index in [4.69, 9.17) is 0 Å². The molecule has 0 unspecified atom stereocenters. The van der Waals surface area contributed by atoms with Crippen LogP contribution >= 0.6 is 11.3 Å². The fourth-order valence-corrected chi connectivity index (χ4v) is 18.5. The van der Waals surface area contributed by atoms with Crippen LogP contribution in [0.5, 0.6) is 0 Å². The van der Waals surface area contributed by atoms with Gasteiger partial charge in [-0.2, -0.15) is 0 Å². The first-order chi connectivity index (χ1) is 32.7. The highest BCUT2D eigenvalue weighted by Crippen LogP contribution is 2.52. The molecule has 1 nitrogen and oxygen atoms in total. The number of fused-ring (bicyclic) bond motifs is 8. The molecular weight excluding hydrogens is 854 g/mol. The van der Waals surface area contributed by atoms with Crippen molar-refractivity contribution in [2.45, 2.75) is 78.6 Å². The van der Waals surface area contributed by atoms with E-state index in [-0.39, 0.29) is 23.0 Å². The molecule has 68 heavy (non-hydrogen) atoms. The minimum atomic E-state index is -3.06.